The molecule has 0 aliphatic carbocycles. The van der Waals surface area contributed by atoms with E-state index in [2.05, 4.69) is 10.3 Å². The highest BCUT2D eigenvalue weighted by Gasteiger charge is 2.37. The summed E-state index contributed by atoms with van der Waals surface area (Å²) in [5, 5.41) is 2.84. The largest absolute Gasteiger partial charge is 0.379 e. The number of hydrogen-bond donors (Lipinski definition) is 2. The van der Waals surface area contributed by atoms with Gasteiger partial charge in [-0.05, 0) is 30.5 Å². The van der Waals surface area contributed by atoms with Gasteiger partial charge in [-0.1, -0.05) is 0 Å². The number of amides is 1. The summed E-state index contributed by atoms with van der Waals surface area (Å²) in [5.74, 6) is -0.154. The average molecular weight is 235 g/mol. The fraction of sp³-hybridized carbons (Fsp3) is 0.500. The first-order chi connectivity index (χ1) is 8.12. The van der Waals surface area contributed by atoms with Crippen LogP contribution in [0.1, 0.15) is 17.5 Å². The number of aromatic nitrogens is 1. The molecule has 1 unspecified atom stereocenters. The quantitative estimate of drug-likeness (QED) is 0.780. The SMILES string of the molecule is Cc1ccncc1CNC(=O)C1(N)CCOC1. The van der Waals surface area contributed by atoms with E-state index in [1.54, 1.807) is 12.4 Å². The number of nitrogens with zero attached hydrogens (tertiary/aromatic N) is 1. The maximum atomic E-state index is 11.9. The second-order valence-corrected chi connectivity index (χ2v) is 4.44. The summed E-state index contributed by atoms with van der Waals surface area (Å²) in [5.41, 5.74) is 7.20. The molecule has 3 N–H and O–H groups in total. The lowest BCUT2D eigenvalue weighted by atomic mass is 9.99. The number of nitrogens with one attached hydrogen (secondary N) is 1. The minimum absolute atomic E-state index is 0.154. The minimum atomic E-state index is -0.865. The molecule has 5 heteroatoms. The molecule has 2 rings (SSSR count). The Morgan fingerprint density at radius 1 is 1.71 bits per heavy atom. The molecule has 92 valence electrons. The molecule has 0 spiro atoms. The summed E-state index contributed by atoms with van der Waals surface area (Å²) in [6.45, 7) is 3.29. The number of rotatable bonds is 3. The van der Waals surface area contributed by atoms with Crippen LogP contribution in [0.3, 0.4) is 0 Å². The van der Waals surface area contributed by atoms with Gasteiger partial charge in [0.15, 0.2) is 0 Å². The zero-order chi connectivity index (χ0) is 12.3. The second-order valence-electron chi connectivity index (χ2n) is 4.44. The van der Waals surface area contributed by atoms with Crippen molar-refractivity contribution in [1.29, 1.82) is 0 Å². The average Bonchev–Trinajstić information content (AvgIpc) is 2.76. The lowest BCUT2D eigenvalue weighted by molar-refractivity contribution is -0.126. The first-order valence-electron chi connectivity index (χ1n) is 5.66. The normalized spacial score (nSPS) is 23.6. The Balaban J connectivity index is 1.94. The van der Waals surface area contributed by atoms with Crippen LogP contribution < -0.4 is 11.1 Å². The Labute approximate surface area is 100 Å². The van der Waals surface area contributed by atoms with E-state index in [-0.39, 0.29) is 5.91 Å². The van der Waals surface area contributed by atoms with Gasteiger partial charge in [-0.3, -0.25) is 9.78 Å². The molecule has 2 heterocycles. The molecular weight excluding hydrogens is 218 g/mol. The molecule has 1 saturated heterocycles. The Morgan fingerprint density at radius 2 is 2.53 bits per heavy atom. The number of hydrogen-bond acceptors (Lipinski definition) is 4. The highest BCUT2D eigenvalue weighted by molar-refractivity contribution is 5.86. The molecule has 5 nitrogen and oxygen atoms in total. The van der Waals surface area contributed by atoms with Crippen molar-refractivity contribution < 1.29 is 9.53 Å². The van der Waals surface area contributed by atoms with E-state index >= 15 is 0 Å². The highest BCUT2D eigenvalue weighted by Crippen LogP contribution is 2.15. The van der Waals surface area contributed by atoms with E-state index in [9.17, 15) is 4.79 Å². The smallest absolute Gasteiger partial charge is 0.242 e. The van der Waals surface area contributed by atoms with Gasteiger partial charge >= 0.3 is 0 Å². The van der Waals surface area contributed by atoms with Crippen LogP contribution in [0.25, 0.3) is 0 Å². The predicted molar refractivity (Wildman–Crippen MR) is 63.2 cm³/mol. The summed E-state index contributed by atoms with van der Waals surface area (Å²) in [6.07, 6.45) is 4.06. The maximum absolute atomic E-state index is 11.9. The highest BCUT2D eigenvalue weighted by atomic mass is 16.5. The minimum Gasteiger partial charge on any atom is -0.379 e. The van der Waals surface area contributed by atoms with Crippen LogP contribution in [0.5, 0.6) is 0 Å². The van der Waals surface area contributed by atoms with E-state index in [1.165, 1.54) is 0 Å². The van der Waals surface area contributed by atoms with Gasteiger partial charge in [0.2, 0.25) is 5.91 Å². The molecule has 0 aromatic carbocycles. The summed E-state index contributed by atoms with van der Waals surface area (Å²) in [6, 6.07) is 1.92. The van der Waals surface area contributed by atoms with Crippen molar-refractivity contribution in [3.05, 3.63) is 29.6 Å². The fourth-order valence-corrected chi connectivity index (χ4v) is 1.79. The van der Waals surface area contributed by atoms with Gasteiger partial charge in [-0.25, -0.2) is 0 Å². The van der Waals surface area contributed by atoms with E-state index in [4.69, 9.17) is 10.5 Å². The van der Waals surface area contributed by atoms with Crippen molar-refractivity contribution in [2.45, 2.75) is 25.4 Å². The Bertz CT molecular complexity index is 414. The lowest BCUT2D eigenvalue weighted by Gasteiger charge is -2.20. The zero-order valence-electron chi connectivity index (χ0n) is 9.90. The van der Waals surface area contributed by atoms with Crippen LogP contribution in [0.15, 0.2) is 18.5 Å². The monoisotopic (exact) mass is 235 g/mol. The van der Waals surface area contributed by atoms with Crippen LogP contribution >= 0.6 is 0 Å². The van der Waals surface area contributed by atoms with Crippen molar-refractivity contribution in [2.24, 2.45) is 5.73 Å². The molecule has 0 radical (unpaired) electrons. The van der Waals surface area contributed by atoms with E-state index in [0.717, 1.165) is 11.1 Å². The number of carbonyl (C=O) groups excluding carboxylic acids is 1. The molecule has 0 bridgehead atoms. The van der Waals surface area contributed by atoms with Crippen molar-refractivity contribution >= 4 is 5.91 Å². The predicted octanol–water partition coefficient (Wildman–Crippen LogP) is 0.124. The third kappa shape index (κ3) is 2.62. The Morgan fingerprint density at radius 3 is 3.18 bits per heavy atom. The van der Waals surface area contributed by atoms with E-state index < -0.39 is 5.54 Å². The number of nitrogens with two attached hydrogens (primary N) is 1. The van der Waals surface area contributed by atoms with Crippen molar-refractivity contribution in [2.75, 3.05) is 13.2 Å². The third-order valence-corrected chi connectivity index (χ3v) is 3.09. The molecule has 17 heavy (non-hydrogen) atoms. The standard InChI is InChI=1S/C12H17N3O2/c1-9-2-4-14-6-10(9)7-15-11(16)12(13)3-5-17-8-12/h2,4,6H,3,5,7-8,13H2,1H3,(H,15,16). The molecule has 1 aliphatic rings. The van der Waals surface area contributed by atoms with Crippen molar-refractivity contribution in [1.82, 2.24) is 10.3 Å². The molecule has 1 amide bonds. The Kier molecular flexibility index (Phi) is 3.40. The molecular formula is C12H17N3O2. The Hall–Kier alpha value is -1.46. The van der Waals surface area contributed by atoms with Crippen LogP contribution in [0.2, 0.25) is 0 Å². The van der Waals surface area contributed by atoms with Crippen LogP contribution in [-0.4, -0.2) is 29.6 Å². The van der Waals surface area contributed by atoms with Gasteiger partial charge in [0.25, 0.3) is 0 Å². The number of aryl methyl sites for hydroxylation is 1. The third-order valence-electron chi connectivity index (χ3n) is 3.09. The first kappa shape index (κ1) is 12.0. The number of carbonyl (C=O) groups is 1. The number of ether oxygens (including phenoxy) is 1. The molecule has 1 atom stereocenters. The van der Waals surface area contributed by atoms with Crippen molar-refractivity contribution in [3.63, 3.8) is 0 Å². The summed E-state index contributed by atoms with van der Waals surface area (Å²) in [4.78, 5) is 15.9. The van der Waals surface area contributed by atoms with Crippen LogP contribution in [0, 0.1) is 6.92 Å². The zero-order valence-corrected chi connectivity index (χ0v) is 9.90. The molecule has 1 fully saturated rings. The fourth-order valence-electron chi connectivity index (χ4n) is 1.79. The molecule has 1 aromatic heterocycles. The second kappa shape index (κ2) is 4.81. The van der Waals surface area contributed by atoms with Gasteiger partial charge in [-0.15, -0.1) is 0 Å². The van der Waals surface area contributed by atoms with Crippen LogP contribution in [0.4, 0.5) is 0 Å². The first-order valence-corrected chi connectivity index (χ1v) is 5.66. The van der Waals surface area contributed by atoms with Gasteiger partial charge in [0.05, 0.1) is 6.61 Å². The van der Waals surface area contributed by atoms with Gasteiger partial charge in [-0.2, -0.15) is 0 Å². The summed E-state index contributed by atoms with van der Waals surface area (Å²) >= 11 is 0. The van der Waals surface area contributed by atoms with E-state index in [0.29, 0.717) is 26.2 Å². The van der Waals surface area contributed by atoms with E-state index in [1.807, 2.05) is 13.0 Å². The maximum Gasteiger partial charge on any atom is 0.242 e. The lowest BCUT2D eigenvalue weighted by Crippen LogP contribution is -2.54. The summed E-state index contributed by atoms with van der Waals surface area (Å²) < 4.78 is 5.16. The van der Waals surface area contributed by atoms with Crippen molar-refractivity contribution in [3.8, 4) is 0 Å². The molecule has 1 aromatic rings. The van der Waals surface area contributed by atoms with Crippen LogP contribution in [-0.2, 0) is 16.1 Å². The van der Waals surface area contributed by atoms with Gasteiger partial charge < -0.3 is 15.8 Å². The van der Waals surface area contributed by atoms with Gasteiger partial charge in [0, 0.05) is 25.5 Å². The molecule has 0 saturated carbocycles. The molecule has 1 aliphatic heterocycles. The number of pyridine rings is 1. The summed E-state index contributed by atoms with van der Waals surface area (Å²) in [7, 11) is 0. The topological polar surface area (TPSA) is 77.2 Å². The van der Waals surface area contributed by atoms with Gasteiger partial charge in [0.1, 0.15) is 5.54 Å².